The predicted octanol–water partition coefficient (Wildman–Crippen LogP) is 1.41. The van der Waals surface area contributed by atoms with Crippen LogP contribution in [0.4, 0.5) is 4.79 Å². The maximum absolute atomic E-state index is 11.7. The number of aliphatic carboxylic acids is 1. The van der Waals surface area contributed by atoms with Crippen molar-refractivity contribution in [2.75, 3.05) is 13.2 Å². The lowest BCUT2D eigenvalue weighted by molar-refractivity contribution is -0.139. The van der Waals surface area contributed by atoms with Crippen LogP contribution in [0.5, 0.6) is 0 Å². The first-order valence-corrected chi connectivity index (χ1v) is 6.91. The average molecular weight is 294 g/mol. The van der Waals surface area contributed by atoms with Crippen molar-refractivity contribution >= 4 is 12.0 Å². The second-order valence-corrected chi connectivity index (χ2v) is 4.90. The molecule has 1 aromatic rings. The van der Waals surface area contributed by atoms with Gasteiger partial charge in [-0.15, -0.1) is 0 Å². The zero-order chi connectivity index (χ0) is 15.7. The van der Waals surface area contributed by atoms with E-state index in [9.17, 15) is 9.59 Å². The molecule has 0 heterocycles. The minimum atomic E-state index is -1.06. The Morgan fingerprint density at radius 3 is 2.48 bits per heavy atom. The summed E-state index contributed by atoms with van der Waals surface area (Å²) >= 11 is 0. The number of carboxylic acid groups (broad SMARTS) is 1. The molecule has 0 aromatic heterocycles. The Balaban J connectivity index is 2.40. The van der Waals surface area contributed by atoms with Gasteiger partial charge in [0.15, 0.2) is 0 Å². The molecule has 1 atom stereocenters. The molecule has 2 amide bonds. The van der Waals surface area contributed by atoms with Crippen LogP contribution in [0.15, 0.2) is 30.3 Å². The van der Waals surface area contributed by atoms with Gasteiger partial charge in [-0.05, 0) is 19.4 Å². The van der Waals surface area contributed by atoms with Crippen LogP contribution in [0.25, 0.3) is 0 Å². The highest BCUT2D eigenvalue weighted by Gasteiger charge is 2.20. The number of ether oxygens (including phenoxy) is 1. The van der Waals surface area contributed by atoms with Crippen LogP contribution < -0.4 is 10.6 Å². The molecule has 6 nitrogen and oxygen atoms in total. The highest BCUT2D eigenvalue weighted by molar-refractivity contribution is 5.82. The number of amides is 2. The number of carboxylic acids is 1. The van der Waals surface area contributed by atoms with Crippen molar-refractivity contribution in [3.63, 3.8) is 0 Å². The number of carbonyl (C=O) groups is 2. The Bertz CT molecular complexity index is 448. The van der Waals surface area contributed by atoms with Crippen molar-refractivity contribution in [1.29, 1.82) is 0 Å². The summed E-state index contributed by atoms with van der Waals surface area (Å²) in [6.45, 7) is 4.53. The van der Waals surface area contributed by atoms with Crippen LogP contribution in [0.1, 0.15) is 19.4 Å². The third-order valence-corrected chi connectivity index (χ3v) is 2.72. The van der Waals surface area contributed by atoms with Crippen molar-refractivity contribution in [2.24, 2.45) is 0 Å². The van der Waals surface area contributed by atoms with E-state index >= 15 is 0 Å². The highest BCUT2D eigenvalue weighted by atomic mass is 16.5. The summed E-state index contributed by atoms with van der Waals surface area (Å²) in [6.07, 6.45) is 0.339. The number of rotatable bonds is 8. The number of hydrogen-bond acceptors (Lipinski definition) is 3. The van der Waals surface area contributed by atoms with Crippen molar-refractivity contribution in [3.8, 4) is 0 Å². The van der Waals surface area contributed by atoms with E-state index in [1.165, 1.54) is 0 Å². The van der Waals surface area contributed by atoms with E-state index in [1.54, 1.807) is 0 Å². The number of benzene rings is 1. The Kier molecular flexibility index (Phi) is 7.25. The Morgan fingerprint density at radius 1 is 1.24 bits per heavy atom. The lowest BCUT2D eigenvalue weighted by atomic mass is 10.1. The number of hydrogen-bond donors (Lipinski definition) is 3. The minimum Gasteiger partial charge on any atom is -0.480 e. The van der Waals surface area contributed by atoms with E-state index in [0.717, 1.165) is 5.56 Å². The van der Waals surface area contributed by atoms with Gasteiger partial charge in [0.1, 0.15) is 6.04 Å². The minimum absolute atomic E-state index is 0.0970. The van der Waals surface area contributed by atoms with Gasteiger partial charge in [-0.2, -0.15) is 0 Å². The monoisotopic (exact) mass is 294 g/mol. The van der Waals surface area contributed by atoms with E-state index < -0.39 is 18.0 Å². The van der Waals surface area contributed by atoms with Crippen LogP contribution in [-0.4, -0.2) is 42.4 Å². The number of urea groups is 1. The SMILES string of the molecule is CC(C)OCCNC(=O)N[C@@H](Cc1ccccc1)C(=O)O. The van der Waals surface area contributed by atoms with E-state index in [2.05, 4.69) is 10.6 Å². The molecule has 0 radical (unpaired) electrons. The molecular weight excluding hydrogens is 272 g/mol. The predicted molar refractivity (Wildman–Crippen MR) is 79.2 cm³/mol. The summed E-state index contributed by atoms with van der Waals surface area (Å²) in [5.41, 5.74) is 0.855. The molecular formula is C15H22N2O4. The molecule has 1 aromatic carbocycles. The lowest BCUT2D eigenvalue weighted by Crippen LogP contribution is -2.47. The zero-order valence-corrected chi connectivity index (χ0v) is 12.3. The summed E-state index contributed by atoms with van der Waals surface area (Å²) in [6, 6.07) is 7.70. The van der Waals surface area contributed by atoms with Crippen LogP contribution in [-0.2, 0) is 16.0 Å². The van der Waals surface area contributed by atoms with Crippen LogP contribution >= 0.6 is 0 Å². The van der Waals surface area contributed by atoms with Gasteiger partial charge in [0, 0.05) is 13.0 Å². The normalized spacial score (nSPS) is 12.0. The van der Waals surface area contributed by atoms with Crippen molar-refractivity contribution in [1.82, 2.24) is 10.6 Å². The number of carbonyl (C=O) groups excluding carboxylic acids is 1. The van der Waals surface area contributed by atoms with Crippen molar-refractivity contribution in [2.45, 2.75) is 32.4 Å². The first-order valence-electron chi connectivity index (χ1n) is 6.91. The fourth-order valence-electron chi connectivity index (χ4n) is 1.72. The second kappa shape index (κ2) is 8.97. The molecule has 0 aliphatic carbocycles. The third-order valence-electron chi connectivity index (χ3n) is 2.72. The van der Waals surface area contributed by atoms with Crippen molar-refractivity contribution < 1.29 is 19.4 Å². The summed E-state index contributed by atoms with van der Waals surface area (Å²) < 4.78 is 5.28. The molecule has 116 valence electrons. The molecule has 0 aliphatic rings. The molecule has 0 fully saturated rings. The molecule has 0 spiro atoms. The van der Waals surface area contributed by atoms with Crippen LogP contribution in [0.2, 0.25) is 0 Å². The van der Waals surface area contributed by atoms with E-state index in [4.69, 9.17) is 9.84 Å². The van der Waals surface area contributed by atoms with Gasteiger partial charge in [0.2, 0.25) is 0 Å². The maximum atomic E-state index is 11.7. The topological polar surface area (TPSA) is 87.7 Å². The molecule has 3 N–H and O–H groups in total. The lowest BCUT2D eigenvalue weighted by Gasteiger charge is -2.15. The largest absolute Gasteiger partial charge is 0.480 e. The Hall–Kier alpha value is -2.08. The first kappa shape index (κ1) is 17.0. The molecule has 0 aliphatic heterocycles. The van der Waals surface area contributed by atoms with Gasteiger partial charge in [0.05, 0.1) is 12.7 Å². The summed E-state index contributed by atoms with van der Waals surface area (Å²) in [4.78, 5) is 22.8. The van der Waals surface area contributed by atoms with Gasteiger partial charge >= 0.3 is 12.0 Å². The van der Waals surface area contributed by atoms with Gasteiger partial charge in [-0.3, -0.25) is 0 Å². The smallest absolute Gasteiger partial charge is 0.326 e. The summed E-state index contributed by atoms with van der Waals surface area (Å²) in [5.74, 6) is -1.06. The number of nitrogens with one attached hydrogen (secondary N) is 2. The Morgan fingerprint density at radius 2 is 1.90 bits per heavy atom. The zero-order valence-electron chi connectivity index (χ0n) is 12.3. The third kappa shape index (κ3) is 7.31. The molecule has 0 saturated carbocycles. The molecule has 0 saturated heterocycles. The molecule has 0 unspecified atom stereocenters. The maximum Gasteiger partial charge on any atom is 0.326 e. The van der Waals surface area contributed by atoms with Gasteiger partial charge in [0.25, 0.3) is 0 Å². The first-order chi connectivity index (χ1) is 9.99. The van der Waals surface area contributed by atoms with Crippen molar-refractivity contribution in [3.05, 3.63) is 35.9 Å². The average Bonchev–Trinajstić information content (AvgIpc) is 2.44. The van der Waals surface area contributed by atoms with Gasteiger partial charge < -0.3 is 20.5 Å². The molecule has 6 heteroatoms. The van der Waals surface area contributed by atoms with Crippen LogP contribution in [0.3, 0.4) is 0 Å². The summed E-state index contributed by atoms with van der Waals surface area (Å²) in [5, 5.41) is 14.2. The van der Waals surface area contributed by atoms with Crippen LogP contribution in [0, 0.1) is 0 Å². The standard InChI is InChI=1S/C15H22N2O4/c1-11(2)21-9-8-16-15(20)17-13(14(18)19)10-12-6-4-3-5-7-12/h3-7,11,13H,8-10H2,1-2H3,(H,18,19)(H2,16,17,20)/t13-/m0/s1. The fraction of sp³-hybridized carbons (Fsp3) is 0.467. The highest BCUT2D eigenvalue weighted by Crippen LogP contribution is 2.03. The van der Waals surface area contributed by atoms with E-state index in [0.29, 0.717) is 13.2 Å². The van der Waals surface area contributed by atoms with E-state index in [1.807, 2.05) is 44.2 Å². The fourth-order valence-corrected chi connectivity index (χ4v) is 1.72. The second-order valence-electron chi connectivity index (χ2n) is 4.90. The molecule has 1 rings (SSSR count). The molecule has 21 heavy (non-hydrogen) atoms. The Labute approximate surface area is 124 Å². The molecule has 0 bridgehead atoms. The van der Waals surface area contributed by atoms with Gasteiger partial charge in [-0.25, -0.2) is 9.59 Å². The quantitative estimate of drug-likeness (QED) is 0.633. The van der Waals surface area contributed by atoms with Gasteiger partial charge in [-0.1, -0.05) is 30.3 Å². The summed E-state index contributed by atoms with van der Waals surface area (Å²) in [7, 11) is 0. The van der Waals surface area contributed by atoms with E-state index in [-0.39, 0.29) is 12.5 Å².